The smallest absolute Gasteiger partial charge is 0.247 e. The summed E-state index contributed by atoms with van der Waals surface area (Å²) in [5.74, 6) is -6.17. The van der Waals surface area contributed by atoms with Crippen molar-refractivity contribution in [1.29, 1.82) is 0 Å². The topological polar surface area (TPSA) is 351 Å². The number of carbonyl (C=O) groups is 10. The van der Waals surface area contributed by atoms with Gasteiger partial charge in [0.05, 0.1) is 43.7 Å². The Morgan fingerprint density at radius 2 is 1.51 bits per heavy atom. The van der Waals surface area contributed by atoms with Crippen molar-refractivity contribution < 1.29 is 53.1 Å². The fourth-order valence-corrected chi connectivity index (χ4v) is 9.74. The number of carbonyl (C=O) groups excluding carboxylic acids is 10. The molecule has 0 saturated carbocycles. The third-order valence-corrected chi connectivity index (χ3v) is 14.1. The number of benzene rings is 1. The molecule has 3 fully saturated rings. The molecule has 72 heavy (non-hydrogen) atoms. The lowest BCUT2D eigenvalue weighted by atomic mass is 9.93. The van der Waals surface area contributed by atoms with Gasteiger partial charge in [0.1, 0.15) is 30.0 Å². The van der Waals surface area contributed by atoms with Crippen molar-refractivity contribution in [2.45, 2.75) is 160 Å². The van der Waals surface area contributed by atoms with Gasteiger partial charge in [0.25, 0.3) is 0 Å². The van der Waals surface area contributed by atoms with E-state index in [2.05, 4.69) is 32.1 Å². The van der Waals surface area contributed by atoms with Gasteiger partial charge in [-0.05, 0) is 94.9 Å². The predicted octanol–water partition coefficient (Wildman–Crippen LogP) is -2.01. The average molecular weight is 1010 g/mol. The lowest BCUT2D eigenvalue weighted by Crippen LogP contribution is -2.59. The van der Waals surface area contributed by atoms with Crippen LogP contribution in [0.15, 0.2) is 24.3 Å². The first-order valence-electron chi connectivity index (χ1n) is 25.1. The van der Waals surface area contributed by atoms with E-state index in [-0.39, 0.29) is 75.1 Å². The molecule has 1 aromatic carbocycles. The van der Waals surface area contributed by atoms with Gasteiger partial charge >= 0.3 is 0 Å². The van der Waals surface area contributed by atoms with Crippen LogP contribution in [0.25, 0.3) is 0 Å². The van der Waals surface area contributed by atoms with E-state index in [9.17, 15) is 48.3 Å². The molecule has 3 aliphatic heterocycles. The fraction of sp³-hybridized carbons (Fsp3) is 0.673. The molecule has 5 unspecified atom stereocenters. The highest BCUT2D eigenvalue weighted by molar-refractivity contribution is 6.05. The predicted molar refractivity (Wildman–Crippen MR) is 264 cm³/mol. The average Bonchev–Trinajstić information content (AvgIpc) is 4.03. The third kappa shape index (κ3) is 15.8. The van der Waals surface area contributed by atoms with E-state index in [1.54, 1.807) is 40.0 Å². The number of aromatic hydroxyl groups is 1. The molecule has 23 heteroatoms. The first kappa shape index (κ1) is 58.7. The van der Waals surface area contributed by atoms with Crippen molar-refractivity contribution in [3.63, 3.8) is 0 Å². The molecular formula is C49H78N12O11. The quantitative estimate of drug-likeness (QED) is 0.0284. The Balaban J connectivity index is 1.55. The van der Waals surface area contributed by atoms with Gasteiger partial charge < -0.3 is 53.0 Å². The summed E-state index contributed by atoms with van der Waals surface area (Å²) >= 11 is 0. The maximum absolute atomic E-state index is 15.1. The minimum absolute atomic E-state index is 0.0206. The number of amides is 7. The highest BCUT2D eigenvalue weighted by Gasteiger charge is 2.58. The lowest BCUT2D eigenvalue weighted by Gasteiger charge is -2.34. The number of primary amides is 3. The summed E-state index contributed by atoms with van der Waals surface area (Å²) in [6, 6.07) is -1.04. The van der Waals surface area contributed by atoms with Crippen LogP contribution in [0.4, 0.5) is 0 Å². The molecule has 7 amide bonds. The number of nitrogens with two attached hydrogens (primary N) is 3. The molecule has 23 nitrogen and oxygen atoms in total. The van der Waals surface area contributed by atoms with Crippen LogP contribution in [0, 0.1) is 17.8 Å². The molecular weight excluding hydrogens is 933 g/mol. The molecule has 0 aromatic heterocycles. The number of hydrazine groups is 1. The number of Topliss-reactive ketones (excluding diaryl/α,β-unsaturated/α-hetero) is 3. The largest absolute Gasteiger partial charge is 0.508 e. The number of likely N-dealkylation sites (N-methyl/N-ethyl adjacent to an activating group) is 1. The highest BCUT2D eigenvalue weighted by atomic mass is 16.3. The number of hydrogen-bond acceptors (Lipinski definition) is 16. The Bertz CT molecular complexity index is 2130. The van der Waals surface area contributed by atoms with Crippen LogP contribution < -0.4 is 49.3 Å². The Labute approximate surface area is 421 Å². The molecule has 1 aromatic rings. The zero-order valence-electron chi connectivity index (χ0n) is 42.7. The number of fused-ring (bicyclic) bond motifs is 1. The lowest BCUT2D eigenvalue weighted by molar-refractivity contribution is -0.142. The van der Waals surface area contributed by atoms with E-state index in [1.807, 2.05) is 20.8 Å². The zero-order valence-corrected chi connectivity index (χ0v) is 42.7. The SMILES string of the molecule is CC[C@H](C)C(NC(=O)[C@H](Cc1ccc(O)cc1)NCC(=O)[C@H](C)NC)C(=O)N1C(CCC(N)=O)C(=O)N2C(CC(N)=O)C(CN[C@@H](C)C(=O)CC(=O)[C@@H]3CCCN3C(=O)[C@H](CC(C)C)NNCC(N)=O)CC12. The zero-order chi connectivity index (χ0) is 53.6. The number of hydrogen-bond donors (Lipinski definition) is 10. The van der Waals surface area contributed by atoms with Gasteiger partial charge in [-0.25, -0.2) is 10.9 Å². The number of nitrogens with one attached hydrogen (secondary N) is 6. The fourth-order valence-electron chi connectivity index (χ4n) is 9.74. The van der Waals surface area contributed by atoms with Gasteiger partial charge in [-0.3, -0.25) is 53.3 Å². The van der Waals surface area contributed by atoms with Crippen LogP contribution >= 0.6 is 0 Å². The van der Waals surface area contributed by atoms with E-state index in [0.717, 1.165) is 0 Å². The number of rotatable bonds is 31. The number of nitrogens with zero attached hydrogens (tertiary/aromatic N) is 3. The second-order valence-corrected chi connectivity index (χ2v) is 20.0. The van der Waals surface area contributed by atoms with Crippen molar-refractivity contribution in [3.05, 3.63) is 29.8 Å². The van der Waals surface area contributed by atoms with Gasteiger partial charge in [-0.2, -0.15) is 0 Å². The maximum Gasteiger partial charge on any atom is 0.247 e. The van der Waals surface area contributed by atoms with Crippen LogP contribution in [-0.2, 0) is 54.4 Å². The summed E-state index contributed by atoms with van der Waals surface area (Å²) in [6.07, 6.45) is -0.163. The van der Waals surface area contributed by atoms with Gasteiger partial charge in [0, 0.05) is 32.0 Å². The van der Waals surface area contributed by atoms with E-state index < -0.39 is 120 Å². The first-order chi connectivity index (χ1) is 34.0. The first-order valence-corrected chi connectivity index (χ1v) is 25.1. The maximum atomic E-state index is 15.1. The Morgan fingerprint density at radius 1 is 0.833 bits per heavy atom. The summed E-state index contributed by atoms with van der Waals surface area (Å²) < 4.78 is 0. The molecule has 11 atom stereocenters. The van der Waals surface area contributed by atoms with Crippen LogP contribution in [-0.4, -0.2) is 166 Å². The standard InChI is InChI=1S/C49H78N12O11/c1-8-27(4)45(57-46(69)33(55-24-40(65)28(5)53-7)19-30-11-13-32(62)14-12-30)49(72)60-36(15-16-41(50)66)48(71)61-37(21-42(51)67)31(20-44(60)61)23-54-29(6)38(63)22-39(64)35-10-9-17-59(35)47(70)34(18-26(2)3)58-56-25-43(52)68/h11-14,26-29,31,33-37,44-45,53-56,58,62H,8-10,15-25H2,1-7H3,(H2,50,66)(H2,51,67)(H2,52,68)(H,57,69)/t27-,28-,29-,31?,33-,34-,35-,36?,37?,44?,45?/m0/s1. The number of phenols is 1. The minimum atomic E-state index is -1.20. The molecule has 0 radical (unpaired) electrons. The highest BCUT2D eigenvalue weighted by Crippen LogP contribution is 2.41. The Hall–Kier alpha value is -5.88. The molecule has 4 rings (SSSR count). The van der Waals surface area contributed by atoms with Crippen molar-refractivity contribution >= 4 is 58.7 Å². The summed E-state index contributed by atoms with van der Waals surface area (Å²) in [6.45, 7) is 10.7. The van der Waals surface area contributed by atoms with Crippen molar-refractivity contribution in [2.24, 2.45) is 35.0 Å². The number of ketones is 3. The number of likely N-dealkylation sites (tertiary alicyclic amines) is 1. The van der Waals surface area contributed by atoms with Crippen molar-refractivity contribution in [2.75, 3.05) is 33.2 Å². The third-order valence-electron chi connectivity index (χ3n) is 14.1. The molecule has 0 aliphatic carbocycles. The van der Waals surface area contributed by atoms with Crippen molar-refractivity contribution in [1.82, 2.24) is 46.8 Å². The van der Waals surface area contributed by atoms with Crippen LogP contribution in [0.1, 0.15) is 105 Å². The molecule has 3 saturated heterocycles. The van der Waals surface area contributed by atoms with E-state index in [4.69, 9.17) is 17.2 Å². The summed E-state index contributed by atoms with van der Waals surface area (Å²) in [5, 5.41) is 21.9. The molecule has 3 aliphatic rings. The summed E-state index contributed by atoms with van der Waals surface area (Å²) in [5.41, 5.74) is 22.7. The van der Waals surface area contributed by atoms with E-state index in [0.29, 0.717) is 37.8 Å². The van der Waals surface area contributed by atoms with E-state index >= 15 is 4.79 Å². The van der Waals surface area contributed by atoms with Crippen LogP contribution in [0.3, 0.4) is 0 Å². The van der Waals surface area contributed by atoms with E-state index in [1.165, 1.54) is 26.8 Å². The van der Waals surface area contributed by atoms with Gasteiger partial charge in [0.2, 0.25) is 41.4 Å². The van der Waals surface area contributed by atoms with Gasteiger partial charge in [0.15, 0.2) is 17.3 Å². The molecule has 0 spiro atoms. The van der Waals surface area contributed by atoms with Crippen molar-refractivity contribution in [3.8, 4) is 5.75 Å². The monoisotopic (exact) mass is 1010 g/mol. The molecule has 3 heterocycles. The molecule has 13 N–H and O–H groups in total. The van der Waals surface area contributed by atoms with Gasteiger partial charge in [-0.1, -0.05) is 46.2 Å². The minimum Gasteiger partial charge on any atom is -0.508 e. The van der Waals surface area contributed by atoms with Gasteiger partial charge in [-0.15, -0.1) is 0 Å². The summed E-state index contributed by atoms with van der Waals surface area (Å²) in [4.78, 5) is 138. The Morgan fingerprint density at radius 3 is 2.11 bits per heavy atom. The Kier molecular flexibility index (Phi) is 22.2. The normalized spacial score (nSPS) is 22.2. The van der Waals surface area contributed by atoms with Crippen LogP contribution in [0.5, 0.6) is 5.75 Å². The number of phenolic OH excluding ortho intramolecular Hbond substituents is 1. The second kappa shape index (κ2) is 27.3. The molecule has 0 bridgehead atoms. The second-order valence-electron chi connectivity index (χ2n) is 20.0. The summed E-state index contributed by atoms with van der Waals surface area (Å²) in [7, 11) is 1.63. The van der Waals surface area contributed by atoms with Crippen LogP contribution in [0.2, 0.25) is 0 Å². The molecule has 400 valence electrons.